The van der Waals surface area contributed by atoms with Crippen molar-refractivity contribution in [2.45, 2.75) is 52.0 Å². The minimum absolute atomic E-state index is 0. The molecule has 0 aromatic carbocycles. The van der Waals surface area contributed by atoms with Crippen molar-refractivity contribution in [3.8, 4) is 11.8 Å². The highest BCUT2D eigenvalue weighted by Crippen LogP contribution is 2.36. The second-order valence-electron chi connectivity index (χ2n) is 7.50. The van der Waals surface area contributed by atoms with Gasteiger partial charge in [0.2, 0.25) is 5.88 Å². The van der Waals surface area contributed by atoms with Gasteiger partial charge in [-0.15, -0.1) is 5.10 Å². The SMILES string of the molecule is CCOC(=O)c1cnn(-c2nc(OC)c3c(n2)c(F)nn3[C@@H](C)C2CCCCC2)c1.S. The van der Waals surface area contributed by atoms with Crippen LogP contribution in [0.15, 0.2) is 12.4 Å². The number of nitrogens with zero attached hydrogens (tertiary/aromatic N) is 6. The van der Waals surface area contributed by atoms with Gasteiger partial charge in [0.05, 0.1) is 31.5 Å². The summed E-state index contributed by atoms with van der Waals surface area (Å²) < 4.78 is 28.2. The largest absolute Gasteiger partial charge is 0.479 e. The summed E-state index contributed by atoms with van der Waals surface area (Å²) in [6.45, 7) is 4.02. The molecule has 1 aliphatic rings. The Morgan fingerprint density at radius 2 is 2.03 bits per heavy atom. The number of halogens is 1. The summed E-state index contributed by atoms with van der Waals surface area (Å²) in [5.41, 5.74) is 0.740. The van der Waals surface area contributed by atoms with E-state index < -0.39 is 11.9 Å². The highest BCUT2D eigenvalue weighted by Gasteiger charge is 2.28. The molecule has 168 valence electrons. The molecule has 3 aromatic rings. The maximum absolute atomic E-state index is 14.8. The van der Waals surface area contributed by atoms with Crippen LogP contribution < -0.4 is 4.74 Å². The van der Waals surface area contributed by atoms with E-state index >= 15 is 0 Å². The third kappa shape index (κ3) is 4.36. The number of fused-ring (bicyclic) bond motifs is 1. The lowest BCUT2D eigenvalue weighted by Gasteiger charge is -2.28. The first kappa shape index (κ1) is 23.0. The van der Waals surface area contributed by atoms with Gasteiger partial charge >= 0.3 is 5.97 Å². The van der Waals surface area contributed by atoms with Crippen molar-refractivity contribution >= 4 is 30.5 Å². The first-order chi connectivity index (χ1) is 14.5. The Kier molecular flexibility index (Phi) is 7.14. The molecule has 0 spiro atoms. The first-order valence-electron chi connectivity index (χ1n) is 10.2. The van der Waals surface area contributed by atoms with Crippen molar-refractivity contribution in [3.05, 3.63) is 23.9 Å². The summed E-state index contributed by atoms with van der Waals surface area (Å²) in [5.74, 6) is -0.478. The van der Waals surface area contributed by atoms with Crippen molar-refractivity contribution in [2.75, 3.05) is 13.7 Å². The summed E-state index contributed by atoms with van der Waals surface area (Å²) in [5, 5.41) is 8.23. The van der Waals surface area contributed by atoms with E-state index in [1.54, 1.807) is 11.6 Å². The number of carbonyl (C=O) groups is 1. The van der Waals surface area contributed by atoms with Crippen molar-refractivity contribution in [3.63, 3.8) is 0 Å². The van der Waals surface area contributed by atoms with Crippen molar-refractivity contribution in [1.29, 1.82) is 0 Å². The minimum atomic E-state index is -0.688. The molecule has 1 atom stereocenters. The zero-order valence-electron chi connectivity index (χ0n) is 17.8. The van der Waals surface area contributed by atoms with E-state index in [9.17, 15) is 9.18 Å². The fourth-order valence-corrected chi connectivity index (χ4v) is 4.07. The van der Waals surface area contributed by atoms with E-state index in [-0.39, 0.29) is 49.1 Å². The topological polar surface area (TPSA) is 96.9 Å². The summed E-state index contributed by atoms with van der Waals surface area (Å²) in [6.07, 6.45) is 8.57. The lowest BCUT2D eigenvalue weighted by Crippen LogP contribution is -2.20. The van der Waals surface area contributed by atoms with E-state index in [4.69, 9.17) is 9.47 Å². The standard InChI is InChI=1S/C20H25FN6O3.H2S/c1-4-30-19(28)14-10-22-26(11-14)20-23-15-16(18(24-20)29-3)27(25-17(15)21)12(2)13-8-6-5-7-9-13;/h10-13H,4-9H2,1-3H3;1H2/t12-;/m0./s1. The molecule has 31 heavy (non-hydrogen) atoms. The van der Waals surface area contributed by atoms with Gasteiger partial charge in [-0.25, -0.2) is 14.5 Å². The van der Waals surface area contributed by atoms with Crippen LogP contribution in [0.4, 0.5) is 4.39 Å². The number of rotatable bonds is 6. The Labute approximate surface area is 186 Å². The smallest absolute Gasteiger partial charge is 0.341 e. The maximum Gasteiger partial charge on any atom is 0.341 e. The van der Waals surface area contributed by atoms with E-state index in [1.807, 2.05) is 6.92 Å². The van der Waals surface area contributed by atoms with Crippen molar-refractivity contribution in [1.82, 2.24) is 29.5 Å². The zero-order valence-corrected chi connectivity index (χ0v) is 18.8. The monoisotopic (exact) mass is 450 g/mol. The van der Waals surface area contributed by atoms with Crippen LogP contribution in [-0.2, 0) is 4.74 Å². The van der Waals surface area contributed by atoms with Crippen LogP contribution in [0.2, 0.25) is 0 Å². The van der Waals surface area contributed by atoms with Crippen LogP contribution in [-0.4, -0.2) is 49.2 Å². The van der Waals surface area contributed by atoms with Crippen LogP contribution in [0.1, 0.15) is 62.4 Å². The highest BCUT2D eigenvalue weighted by atomic mass is 32.1. The average molecular weight is 451 g/mol. The Morgan fingerprint density at radius 1 is 1.29 bits per heavy atom. The van der Waals surface area contributed by atoms with Gasteiger partial charge in [0.1, 0.15) is 0 Å². The third-order valence-electron chi connectivity index (χ3n) is 5.67. The summed E-state index contributed by atoms with van der Waals surface area (Å²) in [6, 6.07) is 0.000713. The molecule has 0 saturated heterocycles. The van der Waals surface area contributed by atoms with Crippen LogP contribution >= 0.6 is 13.5 Å². The second kappa shape index (κ2) is 9.63. The summed E-state index contributed by atoms with van der Waals surface area (Å²) in [4.78, 5) is 20.6. The predicted molar refractivity (Wildman–Crippen MR) is 117 cm³/mol. The Morgan fingerprint density at radius 3 is 2.71 bits per heavy atom. The second-order valence-corrected chi connectivity index (χ2v) is 7.50. The molecule has 3 heterocycles. The molecule has 9 nitrogen and oxygen atoms in total. The van der Waals surface area contributed by atoms with E-state index in [2.05, 4.69) is 20.2 Å². The van der Waals surface area contributed by atoms with Crippen molar-refractivity contribution < 1.29 is 18.7 Å². The number of hydrogen-bond donors (Lipinski definition) is 0. The van der Waals surface area contributed by atoms with E-state index in [1.165, 1.54) is 43.4 Å². The summed E-state index contributed by atoms with van der Waals surface area (Å²) in [7, 11) is 1.47. The molecule has 0 bridgehead atoms. The number of carbonyl (C=O) groups excluding carboxylic acids is 1. The summed E-state index contributed by atoms with van der Waals surface area (Å²) >= 11 is 0. The lowest BCUT2D eigenvalue weighted by atomic mass is 9.84. The molecule has 1 saturated carbocycles. The molecule has 0 N–H and O–H groups in total. The van der Waals surface area contributed by atoms with Crippen LogP contribution in [0, 0.1) is 11.9 Å². The predicted octanol–water partition coefficient (Wildman–Crippen LogP) is 3.59. The van der Waals surface area contributed by atoms with Gasteiger partial charge in [-0.3, -0.25) is 4.68 Å². The Hall–Kier alpha value is -2.69. The molecule has 0 amide bonds. The molecule has 0 unspecified atom stereocenters. The van der Waals surface area contributed by atoms with Crippen LogP contribution in [0.3, 0.4) is 0 Å². The van der Waals surface area contributed by atoms with Gasteiger partial charge in [0.15, 0.2) is 11.0 Å². The third-order valence-corrected chi connectivity index (χ3v) is 5.67. The minimum Gasteiger partial charge on any atom is -0.479 e. The fourth-order valence-electron chi connectivity index (χ4n) is 4.07. The number of aromatic nitrogens is 6. The van der Waals surface area contributed by atoms with Gasteiger partial charge in [0.25, 0.3) is 11.9 Å². The normalized spacial score (nSPS) is 15.5. The van der Waals surface area contributed by atoms with Gasteiger partial charge in [0, 0.05) is 6.20 Å². The number of hydrogen-bond acceptors (Lipinski definition) is 7. The van der Waals surface area contributed by atoms with Crippen LogP contribution in [0.25, 0.3) is 17.0 Å². The van der Waals surface area contributed by atoms with Gasteiger partial charge in [-0.2, -0.15) is 28.0 Å². The molecular weight excluding hydrogens is 423 g/mol. The molecule has 1 fully saturated rings. The van der Waals surface area contributed by atoms with E-state index in [0.717, 1.165) is 12.8 Å². The molecule has 1 aliphatic carbocycles. The molecule has 0 aliphatic heterocycles. The van der Waals surface area contributed by atoms with Gasteiger partial charge < -0.3 is 9.47 Å². The molecular formula is C20H27FN6O3S. The quantitative estimate of drug-likeness (QED) is 0.530. The van der Waals surface area contributed by atoms with Gasteiger partial charge in [-0.05, 0) is 32.6 Å². The molecule has 11 heteroatoms. The number of methoxy groups -OCH3 is 1. The highest BCUT2D eigenvalue weighted by molar-refractivity contribution is 7.59. The van der Waals surface area contributed by atoms with Crippen LogP contribution in [0.5, 0.6) is 5.88 Å². The average Bonchev–Trinajstić information content (AvgIpc) is 3.39. The van der Waals surface area contributed by atoms with Gasteiger partial charge in [-0.1, -0.05) is 19.3 Å². The molecule has 3 aromatic heterocycles. The zero-order chi connectivity index (χ0) is 21.3. The number of esters is 1. The maximum atomic E-state index is 14.8. The number of ether oxygens (including phenoxy) is 2. The van der Waals surface area contributed by atoms with E-state index in [0.29, 0.717) is 11.4 Å². The molecule has 4 rings (SSSR count). The molecule has 0 radical (unpaired) electrons. The first-order valence-corrected chi connectivity index (χ1v) is 10.2. The fraction of sp³-hybridized carbons (Fsp3) is 0.550. The Balaban J connectivity index is 0.00000272. The Bertz CT molecular complexity index is 1060. The lowest BCUT2D eigenvalue weighted by molar-refractivity contribution is 0.0526. The van der Waals surface area contributed by atoms with Crippen molar-refractivity contribution in [2.24, 2.45) is 5.92 Å².